The molecule has 0 aliphatic heterocycles. The molecule has 1 aromatic rings. The van der Waals surface area contributed by atoms with Gasteiger partial charge in [-0.05, 0) is 36.5 Å². The minimum absolute atomic E-state index is 0.122. The maximum atomic E-state index is 11.6. The minimum atomic E-state index is -0.923. The largest absolute Gasteiger partial charge is 0.478 e. The van der Waals surface area contributed by atoms with Gasteiger partial charge in [-0.25, -0.2) is 4.79 Å². The molecule has 0 radical (unpaired) electrons. The summed E-state index contributed by atoms with van der Waals surface area (Å²) in [6.45, 7) is 2.63. The van der Waals surface area contributed by atoms with E-state index in [1.54, 1.807) is 18.2 Å². The van der Waals surface area contributed by atoms with E-state index in [1.807, 2.05) is 6.07 Å². The van der Waals surface area contributed by atoms with Crippen molar-refractivity contribution in [1.82, 2.24) is 5.32 Å². The topological polar surface area (TPSA) is 66.4 Å². The van der Waals surface area contributed by atoms with Crippen molar-refractivity contribution in [3.63, 3.8) is 0 Å². The number of hydrogen-bond acceptors (Lipinski definition) is 2. The van der Waals surface area contributed by atoms with Crippen LogP contribution < -0.4 is 5.32 Å². The average molecular weight is 247 g/mol. The smallest absolute Gasteiger partial charge is 0.335 e. The zero-order valence-corrected chi connectivity index (χ0v) is 10.3. The number of rotatable bonds is 5. The van der Waals surface area contributed by atoms with E-state index in [9.17, 15) is 9.59 Å². The SMILES string of the molecule is C[C@@H]1C[C@@H]1C(=O)NCCc1cccc(C(=O)O)c1. The van der Waals surface area contributed by atoms with Gasteiger partial charge in [-0.3, -0.25) is 4.79 Å². The first-order chi connectivity index (χ1) is 8.58. The Bertz CT molecular complexity index is 470. The van der Waals surface area contributed by atoms with Gasteiger partial charge in [0.25, 0.3) is 0 Å². The Morgan fingerprint density at radius 1 is 1.44 bits per heavy atom. The van der Waals surface area contributed by atoms with Crippen molar-refractivity contribution in [3.05, 3.63) is 35.4 Å². The molecular formula is C14H17NO3. The number of carboxylic acid groups (broad SMARTS) is 1. The van der Waals surface area contributed by atoms with Gasteiger partial charge >= 0.3 is 5.97 Å². The lowest BCUT2D eigenvalue weighted by atomic mass is 10.1. The maximum Gasteiger partial charge on any atom is 0.335 e. The van der Waals surface area contributed by atoms with Crippen molar-refractivity contribution < 1.29 is 14.7 Å². The van der Waals surface area contributed by atoms with Gasteiger partial charge in [0.2, 0.25) is 5.91 Å². The molecule has 0 aromatic heterocycles. The van der Waals surface area contributed by atoms with Crippen LogP contribution in [-0.4, -0.2) is 23.5 Å². The second kappa shape index (κ2) is 5.21. The fourth-order valence-electron chi connectivity index (χ4n) is 2.01. The Balaban J connectivity index is 1.81. The van der Waals surface area contributed by atoms with Gasteiger partial charge in [0.05, 0.1) is 5.56 Å². The highest BCUT2D eigenvalue weighted by Crippen LogP contribution is 2.37. The fraction of sp³-hybridized carbons (Fsp3) is 0.429. The highest BCUT2D eigenvalue weighted by Gasteiger charge is 2.38. The molecule has 0 heterocycles. The first-order valence-electron chi connectivity index (χ1n) is 6.18. The lowest BCUT2D eigenvalue weighted by Crippen LogP contribution is -2.27. The third kappa shape index (κ3) is 3.09. The molecule has 0 spiro atoms. The summed E-state index contributed by atoms with van der Waals surface area (Å²) in [6, 6.07) is 6.81. The molecule has 0 unspecified atom stereocenters. The Morgan fingerprint density at radius 3 is 2.78 bits per heavy atom. The second-order valence-electron chi connectivity index (χ2n) is 4.87. The van der Waals surface area contributed by atoms with E-state index >= 15 is 0 Å². The summed E-state index contributed by atoms with van der Waals surface area (Å²) in [5.74, 6) is -0.0970. The molecule has 96 valence electrons. The number of amides is 1. The van der Waals surface area contributed by atoms with Crippen LogP contribution in [0.5, 0.6) is 0 Å². The average Bonchev–Trinajstić information content (AvgIpc) is 3.07. The molecule has 1 saturated carbocycles. The molecule has 4 nitrogen and oxygen atoms in total. The first kappa shape index (κ1) is 12.6. The molecule has 1 aromatic carbocycles. The van der Waals surface area contributed by atoms with Crippen molar-refractivity contribution in [2.75, 3.05) is 6.54 Å². The predicted octanol–water partition coefficient (Wildman–Crippen LogP) is 1.70. The summed E-state index contributed by atoms with van der Waals surface area (Å²) >= 11 is 0. The number of carbonyl (C=O) groups excluding carboxylic acids is 1. The van der Waals surface area contributed by atoms with Gasteiger partial charge in [0.15, 0.2) is 0 Å². The molecule has 1 amide bonds. The van der Waals surface area contributed by atoms with Gasteiger partial charge in [-0.1, -0.05) is 19.1 Å². The molecule has 0 saturated heterocycles. The Labute approximate surface area is 106 Å². The molecule has 2 rings (SSSR count). The van der Waals surface area contributed by atoms with Gasteiger partial charge in [0.1, 0.15) is 0 Å². The summed E-state index contributed by atoms with van der Waals surface area (Å²) in [5.41, 5.74) is 1.22. The molecular weight excluding hydrogens is 230 g/mol. The molecule has 2 N–H and O–H groups in total. The summed E-state index contributed by atoms with van der Waals surface area (Å²) in [4.78, 5) is 22.4. The highest BCUT2D eigenvalue weighted by molar-refractivity contribution is 5.87. The number of carboxylic acids is 1. The first-order valence-corrected chi connectivity index (χ1v) is 6.18. The van der Waals surface area contributed by atoms with Crippen molar-refractivity contribution in [2.24, 2.45) is 11.8 Å². The van der Waals surface area contributed by atoms with Crippen LogP contribution in [0.3, 0.4) is 0 Å². The molecule has 1 aliphatic rings. The zero-order chi connectivity index (χ0) is 13.1. The maximum absolute atomic E-state index is 11.6. The Morgan fingerprint density at radius 2 is 2.17 bits per heavy atom. The third-order valence-corrected chi connectivity index (χ3v) is 3.33. The monoisotopic (exact) mass is 247 g/mol. The van der Waals surface area contributed by atoms with E-state index in [4.69, 9.17) is 5.11 Å². The van der Waals surface area contributed by atoms with Crippen molar-refractivity contribution in [3.8, 4) is 0 Å². The van der Waals surface area contributed by atoms with Crippen LogP contribution in [0.25, 0.3) is 0 Å². The molecule has 1 fully saturated rings. The van der Waals surface area contributed by atoms with Crippen LogP contribution in [0.15, 0.2) is 24.3 Å². The van der Waals surface area contributed by atoms with Crippen molar-refractivity contribution in [1.29, 1.82) is 0 Å². The van der Waals surface area contributed by atoms with Crippen LogP contribution in [-0.2, 0) is 11.2 Å². The summed E-state index contributed by atoms with van der Waals surface area (Å²) < 4.78 is 0. The van der Waals surface area contributed by atoms with Crippen LogP contribution in [0, 0.1) is 11.8 Å². The predicted molar refractivity (Wildman–Crippen MR) is 67.4 cm³/mol. The van der Waals surface area contributed by atoms with Gasteiger partial charge in [-0.15, -0.1) is 0 Å². The number of carbonyl (C=O) groups is 2. The van der Waals surface area contributed by atoms with Crippen LogP contribution >= 0.6 is 0 Å². The van der Waals surface area contributed by atoms with Gasteiger partial charge in [-0.2, -0.15) is 0 Å². The van der Waals surface area contributed by atoms with Gasteiger partial charge in [0, 0.05) is 12.5 Å². The highest BCUT2D eigenvalue weighted by atomic mass is 16.4. The lowest BCUT2D eigenvalue weighted by molar-refractivity contribution is -0.122. The van der Waals surface area contributed by atoms with Crippen molar-refractivity contribution >= 4 is 11.9 Å². The molecule has 1 aliphatic carbocycles. The summed E-state index contributed by atoms with van der Waals surface area (Å²) in [7, 11) is 0. The van der Waals surface area contributed by atoms with E-state index < -0.39 is 5.97 Å². The third-order valence-electron chi connectivity index (χ3n) is 3.33. The number of nitrogens with one attached hydrogen (secondary N) is 1. The van der Waals surface area contributed by atoms with Crippen LogP contribution in [0.2, 0.25) is 0 Å². The lowest BCUT2D eigenvalue weighted by Gasteiger charge is -2.05. The molecule has 18 heavy (non-hydrogen) atoms. The normalized spacial score (nSPS) is 21.4. The summed E-state index contributed by atoms with van der Waals surface area (Å²) in [6.07, 6.45) is 1.65. The van der Waals surface area contributed by atoms with E-state index in [-0.39, 0.29) is 17.4 Å². The van der Waals surface area contributed by atoms with Crippen molar-refractivity contribution in [2.45, 2.75) is 19.8 Å². The number of aromatic carboxylic acids is 1. The molecule has 0 bridgehead atoms. The molecule has 2 atom stereocenters. The number of hydrogen-bond donors (Lipinski definition) is 2. The summed E-state index contributed by atoms with van der Waals surface area (Å²) in [5, 5.41) is 11.7. The quantitative estimate of drug-likeness (QED) is 0.832. The Hall–Kier alpha value is -1.84. The van der Waals surface area contributed by atoms with E-state index in [2.05, 4.69) is 12.2 Å². The van der Waals surface area contributed by atoms with E-state index in [0.717, 1.165) is 12.0 Å². The zero-order valence-electron chi connectivity index (χ0n) is 10.3. The van der Waals surface area contributed by atoms with E-state index in [1.165, 1.54) is 0 Å². The van der Waals surface area contributed by atoms with Crippen LogP contribution in [0.1, 0.15) is 29.3 Å². The molecule has 4 heteroatoms. The minimum Gasteiger partial charge on any atom is -0.478 e. The van der Waals surface area contributed by atoms with Gasteiger partial charge < -0.3 is 10.4 Å². The van der Waals surface area contributed by atoms with Crippen LogP contribution in [0.4, 0.5) is 0 Å². The Kier molecular flexibility index (Phi) is 3.65. The fourth-order valence-corrected chi connectivity index (χ4v) is 2.01. The van der Waals surface area contributed by atoms with E-state index in [0.29, 0.717) is 18.9 Å². The number of benzene rings is 1. The standard InChI is InChI=1S/C14H17NO3/c1-9-7-12(9)13(16)15-6-5-10-3-2-4-11(8-10)14(17)18/h2-4,8-9,12H,5-7H2,1H3,(H,15,16)(H,17,18)/t9-,12+/m1/s1. The second-order valence-corrected chi connectivity index (χ2v) is 4.87.